The van der Waals surface area contributed by atoms with Crippen LogP contribution in [0.1, 0.15) is 25.3 Å². The number of amides is 1. The summed E-state index contributed by atoms with van der Waals surface area (Å²) in [5.74, 6) is -0.786. The number of hydrogen-bond acceptors (Lipinski definition) is 3. The first-order valence-corrected chi connectivity index (χ1v) is 7.20. The summed E-state index contributed by atoms with van der Waals surface area (Å²) in [6, 6.07) is 7.72. The number of aryl methyl sites for hydroxylation is 1. The molecule has 2 atom stereocenters. The zero-order valence-electron chi connectivity index (χ0n) is 10.7. The second-order valence-corrected chi connectivity index (χ2v) is 5.91. The molecule has 4 nitrogen and oxygen atoms in total. The molecule has 2 unspecified atom stereocenters. The van der Waals surface area contributed by atoms with Crippen LogP contribution in [0.4, 0.5) is 5.69 Å². The van der Waals surface area contributed by atoms with Crippen LogP contribution in [0.25, 0.3) is 0 Å². The number of nitrogens with one attached hydrogen (secondary N) is 1. The van der Waals surface area contributed by atoms with Gasteiger partial charge in [-0.3, -0.25) is 9.59 Å². The highest BCUT2D eigenvalue weighted by Crippen LogP contribution is 2.26. The van der Waals surface area contributed by atoms with Gasteiger partial charge in [-0.15, -0.1) is 0 Å². The zero-order chi connectivity index (χ0) is 13.8. The summed E-state index contributed by atoms with van der Waals surface area (Å²) >= 11 is 3.15. The van der Waals surface area contributed by atoms with Gasteiger partial charge in [0.25, 0.3) is 0 Å². The van der Waals surface area contributed by atoms with Crippen molar-refractivity contribution in [2.24, 2.45) is 5.92 Å². The minimum atomic E-state index is -0.351. The molecule has 1 aromatic carbocycles. The average molecular weight is 326 g/mol. The van der Waals surface area contributed by atoms with Crippen molar-refractivity contribution in [1.29, 1.82) is 0 Å². The van der Waals surface area contributed by atoms with Crippen molar-refractivity contribution < 1.29 is 14.3 Å². The Morgan fingerprint density at radius 1 is 1.53 bits per heavy atom. The number of halogens is 1. The molecule has 2 rings (SSSR count). The molecular weight excluding hydrogens is 310 g/mol. The Bertz CT molecular complexity index is 487. The average Bonchev–Trinajstić information content (AvgIpc) is 2.48. The molecule has 0 saturated carbocycles. The molecule has 0 saturated heterocycles. The number of carbonyl (C=O) groups excluding carboxylic acids is 2. The molecule has 0 aliphatic carbocycles. The van der Waals surface area contributed by atoms with E-state index >= 15 is 0 Å². The third-order valence-electron chi connectivity index (χ3n) is 3.12. The van der Waals surface area contributed by atoms with Gasteiger partial charge < -0.3 is 10.1 Å². The van der Waals surface area contributed by atoms with Crippen molar-refractivity contribution in [3.63, 3.8) is 0 Å². The van der Waals surface area contributed by atoms with E-state index in [1.807, 2.05) is 24.3 Å². The smallest absolute Gasteiger partial charge is 0.307 e. The number of anilines is 1. The fraction of sp³-hybridized carbons (Fsp3) is 0.429. The summed E-state index contributed by atoms with van der Waals surface area (Å²) in [7, 11) is 0. The maximum Gasteiger partial charge on any atom is 0.307 e. The van der Waals surface area contributed by atoms with Crippen molar-refractivity contribution in [3.05, 3.63) is 29.8 Å². The van der Waals surface area contributed by atoms with Crippen LogP contribution in [0.5, 0.6) is 0 Å². The van der Waals surface area contributed by atoms with E-state index in [2.05, 4.69) is 21.2 Å². The Morgan fingerprint density at radius 3 is 3.00 bits per heavy atom. The summed E-state index contributed by atoms with van der Waals surface area (Å²) in [5.41, 5.74) is 1.96. The van der Waals surface area contributed by atoms with Crippen LogP contribution in [-0.2, 0) is 20.7 Å². The molecule has 102 valence electrons. The summed E-state index contributed by atoms with van der Waals surface area (Å²) in [5, 5.41) is 2.54. The molecule has 0 bridgehead atoms. The Labute approximate surface area is 120 Å². The van der Waals surface area contributed by atoms with Gasteiger partial charge in [0.05, 0.1) is 6.42 Å². The minimum Gasteiger partial charge on any atom is -0.451 e. The van der Waals surface area contributed by atoms with Crippen LogP contribution in [-0.4, -0.2) is 16.9 Å². The summed E-state index contributed by atoms with van der Waals surface area (Å²) < 4.78 is 5.02. The molecule has 1 heterocycles. The van der Waals surface area contributed by atoms with Crippen molar-refractivity contribution in [1.82, 2.24) is 0 Å². The number of alkyl halides is 1. The number of esters is 1. The van der Waals surface area contributed by atoms with Crippen LogP contribution in [0, 0.1) is 5.92 Å². The molecule has 0 spiro atoms. The predicted molar refractivity (Wildman–Crippen MR) is 76.0 cm³/mol. The highest BCUT2D eigenvalue weighted by molar-refractivity contribution is 9.09. The summed E-state index contributed by atoms with van der Waals surface area (Å²) in [4.78, 5) is 23.7. The van der Waals surface area contributed by atoms with Crippen LogP contribution < -0.4 is 5.32 Å². The van der Waals surface area contributed by atoms with Crippen LogP contribution >= 0.6 is 15.9 Å². The first-order chi connectivity index (χ1) is 9.06. The van der Waals surface area contributed by atoms with Gasteiger partial charge in [0, 0.05) is 11.6 Å². The maximum atomic E-state index is 12.1. The molecule has 0 radical (unpaired) electrons. The third-order valence-corrected chi connectivity index (χ3v) is 3.30. The topological polar surface area (TPSA) is 55.4 Å². The molecule has 1 N–H and O–H groups in total. The highest BCUT2D eigenvalue weighted by atomic mass is 79.9. The first kappa shape index (κ1) is 14.1. The highest BCUT2D eigenvalue weighted by Gasteiger charge is 2.26. The van der Waals surface area contributed by atoms with E-state index in [0.29, 0.717) is 6.42 Å². The fourth-order valence-electron chi connectivity index (χ4n) is 2.18. The van der Waals surface area contributed by atoms with Gasteiger partial charge in [0.1, 0.15) is 0 Å². The Hall–Kier alpha value is -1.36. The number of hydrogen-bond donors (Lipinski definition) is 1. The maximum absolute atomic E-state index is 12.1. The van der Waals surface area contributed by atoms with Gasteiger partial charge in [0.2, 0.25) is 5.91 Å². The molecule has 1 aromatic rings. The number of benzene rings is 1. The van der Waals surface area contributed by atoms with E-state index in [9.17, 15) is 9.59 Å². The van der Waals surface area contributed by atoms with Crippen LogP contribution in [0.3, 0.4) is 0 Å². The van der Waals surface area contributed by atoms with Crippen molar-refractivity contribution in [2.45, 2.75) is 31.2 Å². The Morgan fingerprint density at radius 2 is 2.26 bits per heavy atom. The van der Waals surface area contributed by atoms with Gasteiger partial charge >= 0.3 is 5.97 Å². The van der Waals surface area contributed by atoms with E-state index in [-0.39, 0.29) is 29.2 Å². The van der Waals surface area contributed by atoms with Gasteiger partial charge in [-0.05, 0) is 47.3 Å². The van der Waals surface area contributed by atoms with E-state index in [4.69, 9.17) is 4.74 Å². The van der Waals surface area contributed by atoms with Crippen LogP contribution in [0.2, 0.25) is 0 Å². The summed E-state index contributed by atoms with van der Waals surface area (Å²) in [6.45, 7) is 1.72. The number of para-hydroxylation sites is 1. The SMILES string of the molecule is CC(Br)OC(=O)CC1CCc2ccccc2NC1=O. The van der Waals surface area contributed by atoms with E-state index in [1.165, 1.54) is 0 Å². The van der Waals surface area contributed by atoms with E-state index in [0.717, 1.165) is 17.7 Å². The molecular formula is C14H16BrNO3. The number of ether oxygens (including phenoxy) is 1. The second-order valence-electron chi connectivity index (χ2n) is 4.62. The summed E-state index contributed by atoms with van der Waals surface area (Å²) in [6.07, 6.45) is 1.57. The van der Waals surface area contributed by atoms with E-state index < -0.39 is 0 Å². The molecule has 1 aliphatic heterocycles. The molecule has 0 aromatic heterocycles. The lowest BCUT2D eigenvalue weighted by Gasteiger charge is -2.13. The van der Waals surface area contributed by atoms with E-state index in [1.54, 1.807) is 6.92 Å². The van der Waals surface area contributed by atoms with Crippen molar-refractivity contribution >= 4 is 33.5 Å². The van der Waals surface area contributed by atoms with Gasteiger partial charge in [-0.1, -0.05) is 18.2 Å². The molecule has 0 fully saturated rings. The number of carbonyl (C=O) groups is 2. The first-order valence-electron chi connectivity index (χ1n) is 6.28. The van der Waals surface area contributed by atoms with Gasteiger partial charge in [-0.2, -0.15) is 0 Å². The Kier molecular flexibility index (Phi) is 4.58. The normalized spacial score (nSPS) is 19.9. The molecule has 1 aliphatic rings. The third kappa shape index (κ3) is 3.80. The fourth-order valence-corrected chi connectivity index (χ4v) is 2.39. The lowest BCUT2D eigenvalue weighted by Crippen LogP contribution is -2.25. The van der Waals surface area contributed by atoms with Crippen LogP contribution in [0.15, 0.2) is 24.3 Å². The quantitative estimate of drug-likeness (QED) is 0.686. The Balaban J connectivity index is 2.02. The molecule has 5 heteroatoms. The standard InChI is InChI=1S/C14H16BrNO3/c1-9(15)19-13(17)8-11-7-6-10-4-2-3-5-12(10)16-14(11)18/h2-5,9,11H,6-8H2,1H3,(H,16,18). The van der Waals surface area contributed by atoms with Crippen molar-refractivity contribution in [3.8, 4) is 0 Å². The monoisotopic (exact) mass is 325 g/mol. The molecule has 19 heavy (non-hydrogen) atoms. The largest absolute Gasteiger partial charge is 0.451 e. The molecule has 1 amide bonds. The number of rotatable bonds is 3. The van der Waals surface area contributed by atoms with Crippen molar-refractivity contribution in [2.75, 3.05) is 5.32 Å². The minimum absolute atomic E-state index is 0.107. The number of fused-ring (bicyclic) bond motifs is 1. The lowest BCUT2D eigenvalue weighted by atomic mass is 9.97. The lowest BCUT2D eigenvalue weighted by molar-refractivity contribution is -0.147. The van der Waals surface area contributed by atoms with Gasteiger partial charge in [-0.25, -0.2) is 0 Å². The zero-order valence-corrected chi connectivity index (χ0v) is 12.3. The van der Waals surface area contributed by atoms with Gasteiger partial charge in [0.15, 0.2) is 5.01 Å². The second kappa shape index (κ2) is 6.19. The predicted octanol–water partition coefficient (Wildman–Crippen LogP) is 2.86.